The molecular formula is C28H46O3. The molecule has 4 aliphatic rings. The molecule has 0 bridgehead atoms. The van der Waals surface area contributed by atoms with Gasteiger partial charge in [0.25, 0.3) is 5.97 Å². The highest BCUT2D eigenvalue weighted by Gasteiger charge is 2.54. The van der Waals surface area contributed by atoms with E-state index < -0.39 is 11.9 Å². The monoisotopic (exact) mass is 430 g/mol. The maximum absolute atomic E-state index is 9.51. The van der Waals surface area contributed by atoms with Crippen molar-refractivity contribution in [3.63, 3.8) is 0 Å². The highest BCUT2D eigenvalue weighted by molar-refractivity contribution is 5.35. The van der Waals surface area contributed by atoms with E-state index in [0.29, 0.717) is 22.7 Å². The second-order valence-electron chi connectivity index (χ2n) is 12.2. The van der Waals surface area contributed by atoms with Crippen LogP contribution in [0.2, 0.25) is 0 Å². The number of hydrogen-bond acceptors (Lipinski definition) is 3. The molecule has 176 valence electrons. The Balaban J connectivity index is 1.53. The van der Waals surface area contributed by atoms with Crippen LogP contribution in [0.3, 0.4) is 0 Å². The van der Waals surface area contributed by atoms with Crippen molar-refractivity contribution >= 4 is 0 Å². The molecule has 3 N–H and O–H groups in total. The molecule has 3 nitrogen and oxygen atoms in total. The van der Waals surface area contributed by atoms with E-state index in [9.17, 15) is 15.3 Å². The zero-order valence-corrected chi connectivity index (χ0v) is 20.5. The van der Waals surface area contributed by atoms with Gasteiger partial charge >= 0.3 is 0 Å². The van der Waals surface area contributed by atoms with Gasteiger partial charge in [0.15, 0.2) is 0 Å². The largest absolute Gasteiger partial charge is 0.343 e. The molecule has 0 amide bonds. The van der Waals surface area contributed by atoms with Crippen LogP contribution in [0.4, 0.5) is 0 Å². The Kier molecular flexibility index (Phi) is 6.29. The third-order valence-corrected chi connectivity index (χ3v) is 10.7. The Morgan fingerprint density at radius 3 is 2.35 bits per heavy atom. The van der Waals surface area contributed by atoms with E-state index in [4.69, 9.17) is 0 Å². The van der Waals surface area contributed by atoms with E-state index in [2.05, 4.69) is 32.9 Å². The lowest BCUT2D eigenvalue weighted by Crippen LogP contribution is -2.46. The lowest BCUT2D eigenvalue weighted by Gasteiger charge is -2.56. The zero-order valence-electron chi connectivity index (χ0n) is 20.5. The number of rotatable bonds is 5. The van der Waals surface area contributed by atoms with Gasteiger partial charge in [0, 0.05) is 5.92 Å². The van der Waals surface area contributed by atoms with Crippen molar-refractivity contribution in [3.05, 3.63) is 23.3 Å². The van der Waals surface area contributed by atoms with Crippen LogP contribution < -0.4 is 0 Å². The molecule has 8 atom stereocenters. The topological polar surface area (TPSA) is 60.7 Å². The van der Waals surface area contributed by atoms with E-state index in [1.165, 1.54) is 64.2 Å². The number of allylic oxidation sites excluding steroid dienone is 4. The van der Waals surface area contributed by atoms with E-state index in [-0.39, 0.29) is 5.92 Å². The third-order valence-electron chi connectivity index (χ3n) is 10.7. The Hall–Kier alpha value is -0.640. The van der Waals surface area contributed by atoms with Gasteiger partial charge in [-0.05, 0) is 91.8 Å². The summed E-state index contributed by atoms with van der Waals surface area (Å²) in [5.41, 5.74) is 4.60. The van der Waals surface area contributed by atoms with Gasteiger partial charge in [-0.1, -0.05) is 70.8 Å². The number of hydrogen-bond donors (Lipinski definition) is 3. The molecule has 0 radical (unpaired) electrons. The first-order valence-corrected chi connectivity index (χ1v) is 13.1. The number of aliphatic hydroxyl groups is 3. The minimum absolute atomic E-state index is 0.0910. The summed E-state index contributed by atoms with van der Waals surface area (Å²) in [5.74, 6) is -0.404. The Morgan fingerprint density at radius 1 is 0.903 bits per heavy atom. The molecule has 31 heavy (non-hydrogen) atoms. The van der Waals surface area contributed by atoms with Gasteiger partial charge in [0.1, 0.15) is 0 Å². The van der Waals surface area contributed by atoms with Gasteiger partial charge in [-0.15, -0.1) is 0 Å². The van der Waals surface area contributed by atoms with Crippen LogP contribution in [-0.2, 0) is 0 Å². The fraction of sp³-hybridized carbons (Fsp3) is 0.857. The summed E-state index contributed by atoms with van der Waals surface area (Å²) in [7, 11) is 0. The summed E-state index contributed by atoms with van der Waals surface area (Å²) in [6.07, 6.45) is 18.2. The molecule has 3 fully saturated rings. The molecule has 4 aliphatic carbocycles. The molecule has 2 unspecified atom stereocenters. The van der Waals surface area contributed by atoms with Crippen LogP contribution in [0.25, 0.3) is 0 Å². The summed E-state index contributed by atoms with van der Waals surface area (Å²) < 4.78 is 0. The zero-order chi connectivity index (χ0) is 22.6. The number of fused-ring (bicyclic) bond motifs is 4. The van der Waals surface area contributed by atoms with E-state index in [1.54, 1.807) is 6.92 Å². The second kappa shape index (κ2) is 8.29. The van der Waals surface area contributed by atoms with Crippen molar-refractivity contribution < 1.29 is 15.3 Å². The second-order valence-corrected chi connectivity index (χ2v) is 12.2. The summed E-state index contributed by atoms with van der Waals surface area (Å²) >= 11 is 0. The van der Waals surface area contributed by atoms with Crippen molar-refractivity contribution in [3.8, 4) is 0 Å². The van der Waals surface area contributed by atoms with Crippen LogP contribution >= 0.6 is 0 Å². The quantitative estimate of drug-likeness (QED) is 0.360. The van der Waals surface area contributed by atoms with Gasteiger partial charge in [-0.2, -0.15) is 0 Å². The molecule has 3 heteroatoms. The highest BCUT2D eigenvalue weighted by atomic mass is 16.7. The maximum Gasteiger partial charge on any atom is 0.278 e. The molecule has 3 saturated carbocycles. The van der Waals surface area contributed by atoms with Gasteiger partial charge in [0.2, 0.25) is 0 Å². The van der Waals surface area contributed by atoms with Crippen LogP contribution in [0.1, 0.15) is 98.8 Å². The minimum atomic E-state index is -2.61. The average molecular weight is 431 g/mol. The molecular weight excluding hydrogens is 384 g/mol. The maximum atomic E-state index is 9.51. The summed E-state index contributed by atoms with van der Waals surface area (Å²) in [6, 6.07) is 0. The van der Waals surface area contributed by atoms with Gasteiger partial charge in [-0.25, -0.2) is 0 Å². The third kappa shape index (κ3) is 3.97. The van der Waals surface area contributed by atoms with Gasteiger partial charge in [0.05, 0.1) is 0 Å². The molecule has 0 aliphatic heterocycles. The summed E-state index contributed by atoms with van der Waals surface area (Å²) in [6.45, 7) is 11.2. The lowest BCUT2D eigenvalue weighted by molar-refractivity contribution is -0.343. The van der Waals surface area contributed by atoms with Crippen molar-refractivity contribution in [2.24, 2.45) is 46.3 Å². The Morgan fingerprint density at radius 2 is 1.65 bits per heavy atom. The fourth-order valence-electron chi connectivity index (χ4n) is 8.41. The van der Waals surface area contributed by atoms with Gasteiger partial charge in [-0.3, -0.25) is 0 Å². The van der Waals surface area contributed by atoms with Gasteiger partial charge < -0.3 is 15.3 Å². The predicted molar refractivity (Wildman–Crippen MR) is 126 cm³/mol. The molecule has 0 saturated heterocycles. The van der Waals surface area contributed by atoms with Crippen LogP contribution in [0, 0.1) is 46.3 Å². The standard InChI is InChI=1S/C28H46O3/c1-18(20(3)28(29,30)31)9-10-19(2)23-13-14-24-22-12-11-21-8-6-7-16-26(21,4)25(22)15-17-27(23,24)5/h9-10,18-21,23,25,29-31H,6-8,11-17H2,1-5H3/t18-,19-,20?,21?,23-,25+,26+,27-/m1/s1. The molecule has 0 aromatic heterocycles. The van der Waals surface area contributed by atoms with Crippen molar-refractivity contribution in [1.29, 1.82) is 0 Å². The average Bonchev–Trinajstić information content (AvgIpc) is 3.07. The molecule has 0 aromatic rings. The van der Waals surface area contributed by atoms with Crippen molar-refractivity contribution in [2.45, 2.75) is 105 Å². The lowest BCUT2D eigenvalue weighted by atomic mass is 9.49. The minimum Gasteiger partial charge on any atom is -0.343 e. The SMILES string of the molecule is CC([C@H](C)C=C[C@@H](C)[C@H]1CCC2=C3CCC4CCCC[C@]4(C)[C@H]3CC[C@@]21C)C(O)(O)O. The summed E-state index contributed by atoms with van der Waals surface area (Å²) in [4.78, 5) is 0. The van der Waals surface area contributed by atoms with E-state index in [1.807, 2.05) is 18.1 Å². The first-order valence-electron chi connectivity index (χ1n) is 13.1. The highest BCUT2D eigenvalue weighted by Crippen LogP contribution is 2.65. The Bertz CT molecular complexity index is 731. The first kappa shape index (κ1) is 23.5. The fourth-order valence-corrected chi connectivity index (χ4v) is 8.41. The predicted octanol–water partition coefficient (Wildman–Crippen LogP) is 6.19. The molecule has 0 heterocycles. The van der Waals surface area contributed by atoms with Crippen molar-refractivity contribution in [1.82, 2.24) is 0 Å². The van der Waals surface area contributed by atoms with Crippen LogP contribution in [0.15, 0.2) is 23.3 Å². The van der Waals surface area contributed by atoms with Crippen LogP contribution in [0.5, 0.6) is 0 Å². The molecule has 4 rings (SSSR count). The smallest absolute Gasteiger partial charge is 0.278 e. The normalized spacial score (nSPS) is 41.5. The van der Waals surface area contributed by atoms with E-state index in [0.717, 1.165) is 11.8 Å². The Labute approximate surface area is 190 Å². The van der Waals surface area contributed by atoms with Crippen LogP contribution in [-0.4, -0.2) is 21.3 Å². The van der Waals surface area contributed by atoms with E-state index >= 15 is 0 Å². The molecule has 0 aromatic carbocycles. The van der Waals surface area contributed by atoms with Crippen molar-refractivity contribution in [2.75, 3.05) is 0 Å². The molecule has 0 spiro atoms. The first-order chi connectivity index (χ1) is 14.5. The summed E-state index contributed by atoms with van der Waals surface area (Å²) in [5, 5.41) is 28.5.